The summed E-state index contributed by atoms with van der Waals surface area (Å²) in [5.41, 5.74) is 6.42. The molecule has 2 aliphatic rings. The van der Waals surface area contributed by atoms with Crippen LogP contribution < -0.4 is 4.74 Å². The fourth-order valence-electron chi connectivity index (χ4n) is 4.75. The number of aromatic amines is 1. The van der Waals surface area contributed by atoms with Crippen molar-refractivity contribution in [2.45, 2.75) is 44.6 Å². The van der Waals surface area contributed by atoms with E-state index >= 15 is 0 Å². The Kier molecular flexibility index (Phi) is 6.39. The third-order valence-electron chi connectivity index (χ3n) is 6.62. The van der Waals surface area contributed by atoms with Crippen molar-refractivity contribution in [2.24, 2.45) is 0 Å². The zero-order valence-corrected chi connectivity index (χ0v) is 19.0. The number of aryl methyl sites for hydroxylation is 2. The molecule has 0 saturated carbocycles. The molecule has 1 atom stereocenters. The normalized spacial score (nSPS) is 18.1. The zero-order valence-electron chi connectivity index (χ0n) is 19.0. The van der Waals surface area contributed by atoms with Crippen LogP contribution >= 0.6 is 0 Å². The van der Waals surface area contributed by atoms with Gasteiger partial charge in [-0.25, -0.2) is 4.98 Å². The van der Waals surface area contributed by atoms with E-state index in [1.807, 2.05) is 47.4 Å². The third-order valence-corrected chi connectivity index (χ3v) is 6.62. The number of amides is 1. The number of pyridine rings is 1. The summed E-state index contributed by atoms with van der Waals surface area (Å²) < 4.78 is 11.2. The fourth-order valence-corrected chi connectivity index (χ4v) is 4.75. The van der Waals surface area contributed by atoms with Gasteiger partial charge in [0.15, 0.2) is 0 Å². The van der Waals surface area contributed by atoms with Gasteiger partial charge in [-0.1, -0.05) is 6.07 Å². The van der Waals surface area contributed by atoms with Crippen molar-refractivity contribution in [3.8, 4) is 17.0 Å². The standard InChI is InChI=1S/C26H30N4O3/c1-32-19-11-9-18(10-12-19)21-7-4-8-24(27-21)25-17-30(15-16-33-25)26(31)14-13-23-20-5-2-3-6-22(20)28-29-23/h4,7-12,25H,2-3,5-6,13-17H2,1H3,(H,28,29)/t25-/m1/s1. The van der Waals surface area contributed by atoms with E-state index in [1.54, 1.807) is 7.11 Å². The smallest absolute Gasteiger partial charge is 0.223 e. The van der Waals surface area contributed by atoms with Gasteiger partial charge in [0.25, 0.3) is 0 Å². The second kappa shape index (κ2) is 9.75. The largest absolute Gasteiger partial charge is 0.497 e. The number of methoxy groups -OCH3 is 1. The SMILES string of the molecule is COc1ccc(-c2cccc([C@H]3CN(C(=O)CCc4n[nH]c5c4CCCC5)CCO3)n2)cc1. The Hall–Kier alpha value is -3.19. The second-order valence-electron chi connectivity index (χ2n) is 8.71. The maximum Gasteiger partial charge on any atom is 0.223 e. The van der Waals surface area contributed by atoms with Gasteiger partial charge < -0.3 is 14.4 Å². The van der Waals surface area contributed by atoms with Crippen molar-refractivity contribution in [3.05, 3.63) is 65.1 Å². The molecule has 7 heteroatoms. The summed E-state index contributed by atoms with van der Waals surface area (Å²) in [6.07, 6.45) is 5.52. The number of fused-ring (bicyclic) bond motifs is 1. The molecule has 1 aromatic carbocycles. The number of nitrogens with one attached hydrogen (secondary N) is 1. The van der Waals surface area contributed by atoms with Crippen molar-refractivity contribution in [1.29, 1.82) is 0 Å². The van der Waals surface area contributed by atoms with E-state index in [0.717, 1.165) is 41.2 Å². The molecular formula is C26H30N4O3. The Morgan fingerprint density at radius 2 is 2.03 bits per heavy atom. The monoisotopic (exact) mass is 446 g/mol. The minimum Gasteiger partial charge on any atom is -0.497 e. The van der Waals surface area contributed by atoms with Gasteiger partial charge in [-0.3, -0.25) is 9.89 Å². The summed E-state index contributed by atoms with van der Waals surface area (Å²) in [6.45, 7) is 1.66. The van der Waals surface area contributed by atoms with Crippen molar-refractivity contribution < 1.29 is 14.3 Å². The Morgan fingerprint density at radius 3 is 2.88 bits per heavy atom. The third kappa shape index (κ3) is 4.78. The highest BCUT2D eigenvalue weighted by Crippen LogP contribution is 2.27. The molecule has 5 rings (SSSR count). The molecule has 0 spiro atoms. The number of nitrogens with zero attached hydrogens (tertiary/aromatic N) is 3. The number of hydrogen-bond acceptors (Lipinski definition) is 5. The Bertz CT molecular complexity index is 1110. The molecule has 0 radical (unpaired) electrons. The summed E-state index contributed by atoms with van der Waals surface area (Å²) in [6, 6.07) is 13.8. The first-order valence-corrected chi connectivity index (χ1v) is 11.8. The molecule has 33 heavy (non-hydrogen) atoms. The average Bonchev–Trinajstić information content (AvgIpc) is 3.30. The van der Waals surface area contributed by atoms with Crippen LogP contribution in [0.25, 0.3) is 11.3 Å². The van der Waals surface area contributed by atoms with Crippen LogP contribution in [-0.4, -0.2) is 52.8 Å². The van der Waals surface area contributed by atoms with Crippen LogP contribution in [0.2, 0.25) is 0 Å². The number of carbonyl (C=O) groups excluding carboxylic acids is 1. The zero-order chi connectivity index (χ0) is 22.6. The first kappa shape index (κ1) is 21.6. The van der Waals surface area contributed by atoms with E-state index in [9.17, 15) is 4.79 Å². The number of carbonyl (C=O) groups is 1. The molecule has 1 saturated heterocycles. The quantitative estimate of drug-likeness (QED) is 0.621. The van der Waals surface area contributed by atoms with Gasteiger partial charge in [-0.05, 0) is 67.6 Å². The summed E-state index contributed by atoms with van der Waals surface area (Å²) in [7, 11) is 1.66. The molecule has 2 aromatic heterocycles. The van der Waals surface area contributed by atoms with Gasteiger partial charge in [0.05, 0.1) is 37.3 Å². The topological polar surface area (TPSA) is 80.3 Å². The molecule has 0 unspecified atom stereocenters. The van der Waals surface area contributed by atoms with Crippen LogP contribution in [0, 0.1) is 0 Å². The van der Waals surface area contributed by atoms with Crippen molar-refractivity contribution in [3.63, 3.8) is 0 Å². The van der Waals surface area contributed by atoms with Crippen LogP contribution in [0.3, 0.4) is 0 Å². The Labute approximate surface area is 194 Å². The molecule has 1 fully saturated rings. The van der Waals surface area contributed by atoms with Gasteiger partial charge >= 0.3 is 0 Å². The summed E-state index contributed by atoms with van der Waals surface area (Å²) in [4.78, 5) is 19.7. The second-order valence-corrected chi connectivity index (χ2v) is 8.71. The molecule has 3 heterocycles. The average molecular weight is 447 g/mol. The molecule has 0 bridgehead atoms. The highest BCUT2D eigenvalue weighted by atomic mass is 16.5. The summed E-state index contributed by atoms with van der Waals surface area (Å²) in [5, 5.41) is 7.66. The summed E-state index contributed by atoms with van der Waals surface area (Å²) >= 11 is 0. The molecule has 1 aliphatic heterocycles. The lowest BCUT2D eigenvalue weighted by Crippen LogP contribution is -2.42. The number of rotatable bonds is 6. The highest BCUT2D eigenvalue weighted by molar-refractivity contribution is 5.76. The molecule has 1 amide bonds. The van der Waals surface area contributed by atoms with Crippen molar-refractivity contribution >= 4 is 5.91 Å². The number of benzene rings is 1. The van der Waals surface area contributed by atoms with E-state index in [0.29, 0.717) is 32.5 Å². The minimum absolute atomic E-state index is 0.155. The van der Waals surface area contributed by atoms with Crippen molar-refractivity contribution in [1.82, 2.24) is 20.1 Å². The van der Waals surface area contributed by atoms with Crippen LogP contribution in [-0.2, 0) is 28.8 Å². The Morgan fingerprint density at radius 1 is 1.18 bits per heavy atom. The summed E-state index contributed by atoms with van der Waals surface area (Å²) in [5.74, 6) is 0.970. The van der Waals surface area contributed by atoms with Gasteiger partial charge in [-0.15, -0.1) is 0 Å². The van der Waals surface area contributed by atoms with E-state index in [4.69, 9.17) is 14.5 Å². The molecule has 1 N–H and O–H groups in total. The van der Waals surface area contributed by atoms with E-state index in [1.165, 1.54) is 24.1 Å². The lowest BCUT2D eigenvalue weighted by Gasteiger charge is -2.33. The highest BCUT2D eigenvalue weighted by Gasteiger charge is 2.27. The van der Waals surface area contributed by atoms with E-state index in [-0.39, 0.29) is 12.0 Å². The first-order chi connectivity index (χ1) is 16.2. The van der Waals surface area contributed by atoms with Crippen molar-refractivity contribution in [2.75, 3.05) is 26.8 Å². The molecule has 1 aliphatic carbocycles. The van der Waals surface area contributed by atoms with E-state index in [2.05, 4.69) is 10.2 Å². The number of hydrogen-bond donors (Lipinski definition) is 1. The molecular weight excluding hydrogens is 416 g/mol. The number of aromatic nitrogens is 3. The van der Waals surface area contributed by atoms with Crippen LogP contribution in [0.4, 0.5) is 0 Å². The van der Waals surface area contributed by atoms with Crippen LogP contribution in [0.5, 0.6) is 5.75 Å². The Balaban J connectivity index is 1.23. The number of H-pyrrole nitrogens is 1. The maximum atomic E-state index is 13.0. The lowest BCUT2D eigenvalue weighted by molar-refractivity contribution is -0.139. The van der Waals surface area contributed by atoms with Crippen LogP contribution in [0.1, 0.15) is 48.0 Å². The number of ether oxygens (including phenoxy) is 2. The minimum atomic E-state index is -0.223. The number of morpholine rings is 1. The molecule has 7 nitrogen and oxygen atoms in total. The van der Waals surface area contributed by atoms with Gasteiger partial charge in [0.1, 0.15) is 11.9 Å². The van der Waals surface area contributed by atoms with Gasteiger partial charge in [0, 0.05) is 30.6 Å². The first-order valence-electron chi connectivity index (χ1n) is 11.8. The fraction of sp³-hybridized carbons (Fsp3) is 0.423. The maximum absolute atomic E-state index is 13.0. The predicted octanol–water partition coefficient (Wildman–Crippen LogP) is 3.89. The van der Waals surface area contributed by atoms with Gasteiger partial charge in [-0.2, -0.15) is 5.10 Å². The van der Waals surface area contributed by atoms with E-state index < -0.39 is 0 Å². The molecule has 3 aromatic rings. The van der Waals surface area contributed by atoms with Crippen LogP contribution in [0.15, 0.2) is 42.5 Å². The predicted molar refractivity (Wildman–Crippen MR) is 125 cm³/mol. The van der Waals surface area contributed by atoms with Gasteiger partial charge in [0.2, 0.25) is 5.91 Å². The molecule has 172 valence electrons. The lowest BCUT2D eigenvalue weighted by atomic mass is 9.94.